The molecule has 0 aromatic heterocycles. The third-order valence-corrected chi connectivity index (χ3v) is 3.08. The van der Waals surface area contributed by atoms with E-state index in [9.17, 15) is 4.79 Å². The lowest BCUT2D eigenvalue weighted by Crippen LogP contribution is -1.95. The molecule has 3 heteroatoms. The van der Waals surface area contributed by atoms with Gasteiger partial charge in [0.25, 0.3) is 0 Å². The van der Waals surface area contributed by atoms with Crippen LogP contribution in [0.3, 0.4) is 0 Å². The molecule has 0 amide bonds. The number of hydrogen-bond acceptors (Lipinski definition) is 2. The topological polar surface area (TPSA) is 46.5 Å². The van der Waals surface area contributed by atoms with Crippen LogP contribution in [0.5, 0.6) is 11.5 Å². The van der Waals surface area contributed by atoms with E-state index in [1.54, 1.807) is 12.1 Å². The molecule has 0 bridgehead atoms. The van der Waals surface area contributed by atoms with Crippen molar-refractivity contribution in [1.82, 2.24) is 0 Å². The Labute approximate surface area is 116 Å². The standard InChI is InChI=1S/C17H12O3/c18-17(19)13-8-10-14(11-9-13)20-16-7-3-5-12-4-1-2-6-15(12)16/h1-11H,(H,18,19). The van der Waals surface area contributed by atoms with Gasteiger partial charge in [-0.15, -0.1) is 0 Å². The van der Waals surface area contributed by atoms with E-state index in [4.69, 9.17) is 9.84 Å². The first-order valence-corrected chi connectivity index (χ1v) is 6.23. The normalized spacial score (nSPS) is 10.4. The Kier molecular flexibility index (Phi) is 3.09. The van der Waals surface area contributed by atoms with Crippen molar-refractivity contribution in [2.75, 3.05) is 0 Å². The van der Waals surface area contributed by atoms with Gasteiger partial charge in [0, 0.05) is 5.39 Å². The van der Waals surface area contributed by atoms with Crippen molar-refractivity contribution in [3.8, 4) is 11.5 Å². The van der Waals surface area contributed by atoms with Crippen LogP contribution < -0.4 is 4.74 Å². The number of ether oxygens (including phenoxy) is 1. The van der Waals surface area contributed by atoms with Crippen LogP contribution in [0.1, 0.15) is 10.4 Å². The SMILES string of the molecule is O=C(O)c1ccc(Oc2cccc3ccccc23)cc1. The molecule has 0 atom stereocenters. The van der Waals surface area contributed by atoms with Gasteiger partial charge in [-0.2, -0.15) is 0 Å². The van der Waals surface area contributed by atoms with Crippen molar-refractivity contribution in [3.05, 3.63) is 72.3 Å². The molecule has 0 aliphatic heterocycles. The minimum atomic E-state index is -0.943. The van der Waals surface area contributed by atoms with E-state index in [0.717, 1.165) is 16.5 Å². The second-order valence-electron chi connectivity index (χ2n) is 4.41. The summed E-state index contributed by atoms with van der Waals surface area (Å²) in [6, 6.07) is 20.2. The molecule has 0 unspecified atom stereocenters. The number of carboxylic acids is 1. The van der Waals surface area contributed by atoms with Crippen LogP contribution in [0.4, 0.5) is 0 Å². The van der Waals surface area contributed by atoms with E-state index >= 15 is 0 Å². The predicted octanol–water partition coefficient (Wildman–Crippen LogP) is 4.33. The fourth-order valence-electron chi connectivity index (χ4n) is 2.08. The largest absolute Gasteiger partial charge is 0.478 e. The molecule has 0 aliphatic rings. The molecule has 0 saturated carbocycles. The third-order valence-electron chi connectivity index (χ3n) is 3.08. The summed E-state index contributed by atoms with van der Waals surface area (Å²) >= 11 is 0. The molecule has 98 valence electrons. The average Bonchev–Trinajstić information content (AvgIpc) is 2.48. The maximum absolute atomic E-state index is 10.8. The van der Waals surface area contributed by atoms with Gasteiger partial charge in [-0.25, -0.2) is 4.79 Å². The quantitative estimate of drug-likeness (QED) is 0.765. The highest BCUT2D eigenvalue weighted by Gasteiger charge is 2.05. The van der Waals surface area contributed by atoms with Crippen LogP contribution >= 0.6 is 0 Å². The number of carbonyl (C=O) groups is 1. The fraction of sp³-hybridized carbons (Fsp3) is 0. The Hall–Kier alpha value is -2.81. The second kappa shape index (κ2) is 5.05. The van der Waals surface area contributed by atoms with Crippen molar-refractivity contribution in [1.29, 1.82) is 0 Å². The number of aromatic carboxylic acids is 1. The number of benzene rings is 3. The number of carboxylic acid groups (broad SMARTS) is 1. The summed E-state index contributed by atoms with van der Waals surface area (Å²) in [6.07, 6.45) is 0. The van der Waals surface area contributed by atoms with E-state index < -0.39 is 5.97 Å². The smallest absolute Gasteiger partial charge is 0.335 e. The third kappa shape index (κ3) is 2.34. The lowest BCUT2D eigenvalue weighted by atomic mass is 10.1. The van der Waals surface area contributed by atoms with Gasteiger partial charge in [0.1, 0.15) is 11.5 Å². The lowest BCUT2D eigenvalue weighted by Gasteiger charge is -2.09. The summed E-state index contributed by atoms with van der Waals surface area (Å²) in [5.74, 6) is 0.430. The van der Waals surface area contributed by atoms with Crippen molar-refractivity contribution in [3.63, 3.8) is 0 Å². The van der Waals surface area contributed by atoms with Gasteiger partial charge in [-0.1, -0.05) is 36.4 Å². The fourth-order valence-corrected chi connectivity index (χ4v) is 2.08. The van der Waals surface area contributed by atoms with Crippen molar-refractivity contribution in [2.24, 2.45) is 0 Å². The maximum atomic E-state index is 10.8. The lowest BCUT2D eigenvalue weighted by molar-refractivity contribution is 0.0697. The van der Waals surface area contributed by atoms with Crippen molar-refractivity contribution in [2.45, 2.75) is 0 Å². The van der Waals surface area contributed by atoms with E-state index in [0.29, 0.717) is 5.75 Å². The van der Waals surface area contributed by atoms with Gasteiger partial charge in [-0.3, -0.25) is 0 Å². The summed E-state index contributed by atoms with van der Waals surface area (Å²) < 4.78 is 5.83. The molecule has 3 nitrogen and oxygen atoms in total. The summed E-state index contributed by atoms with van der Waals surface area (Å²) in [4.78, 5) is 10.8. The molecule has 0 aliphatic carbocycles. The summed E-state index contributed by atoms with van der Waals surface area (Å²) in [6.45, 7) is 0. The predicted molar refractivity (Wildman–Crippen MR) is 77.4 cm³/mol. The number of fused-ring (bicyclic) bond motifs is 1. The van der Waals surface area contributed by atoms with E-state index in [1.807, 2.05) is 42.5 Å². The van der Waals surface area contributed by atoms with Gasteiger partial charge in [0.2, 0.25) is 0 Å². The molecule has 20 heavy (non-hydrogen) atoms. The van der Waals surface area contributed by atoms with E-state index in [1.165, 1.54) is 12.1 Å². The van der Waals surface area contributed by atoms with Crippen molar-refractivity contribution < 1.29 is 14.6 Å². The van der Waals surface area contributed by atoms with Crippen LogP contribution in [-0.2, 0) is 0 Å². The zero-order valence-electron chi connectivity index (χ0n) is 10.6. The highest BCUT2D eigenvalue weighted by molar-refractivity contribution is 5.89. The van der Waals surface area contributed by atoms with Gasteiger partial charge in [0.05, 0.1) is 5.56 Å². The first kappa shape index (κ1) is 12.2. The first-order valence-electron chi connectivity index (χ1n) is 6.23. The summed E-state index contributed by atoms with van der Waals surface area (Å²) in [5.41, 5.74) is 0.246. The van der Waals surface area contributed by atoms with Crippen LogP contribution in [-0.4, -0.2) is 11.1 Å². The Morgan fingerprint density at radius 3 is 2.30 bits per heavy atom. The summed E-state index contributed by atoms with van der Waals surface area (Å²) in [7, 11) is 0. The highest BCUT2D eigenvalue weighted by atomic mass is 16.5. The van der Waals surface area contributed by atoms with Crippen LogP contribution in [0, 0.1) is 0 Å². The Bertz CT molecular complexity index is 755. The zero-order chi connectivity index (χ0) is 13.9. The minimum absolute atomic E-state index is 0.246. The van der Waals surface area contributed by atoms with E-state index in [2.05, 4.69) is 0 Å². The first-order chi connectivity index (χ1) is 9.74. The molecule has 1 N–H and O–H groups in total. The molecule has 3 aromatic rings. The van der Waals surface area contributed by atoms with Gasteiger partial charge < -0.3 is 9.84 Å². The molecule has 0 spiro atoms. The average molecular weight is 264 g/mol. The molecular formula is C17H12O3. The molecule has 3 aromatic carbocycles. The van der Waals surface area contributed by atoms with Crippen LogP contribution in [0.2, 0.25) is 0 Å². The second-order valence-corrected chi connectivity index (χ2v) is 4.41. The summed E-state index contributed by atoms with van der Waals surface area (Å²) in [5, 5.41) is 11.0. The molecule has 3 rings (SSSR count). The Morgan fingerprint density at radius 1 is 0.850 bits per heavy atom. The van der Waals surface area contributed by atoms with Crippen molar-refractivity contribution >= 4 is 16.7 Å². The number of hydrogen-bond donors (Lipinski definition) is 1. The Morgan fingerprint density at radius 2 is 1.55 bits per heavy atom. The van der Waals surface area contributed by atoms with Crippen LogP contribution in [0.15, 0.2) is 66.7 Å². The molecule has 0 radical (unpaired) electrons. The van der Waals surface area contributed by atoms with Gasteiger partial charge in [0.15, 0.2) is 0 Å². The minimum Gasteiger partial charge on any atom is -0.478 e. The molecule has 0 saturated heterocycles. The monoisotopic (exact) mass is 264 g/mol. The zero-order valence-corrected chi connectivity index (χ0v) is 10.6. The van der Waals surface area contributed by atoms with Gasteiger partial charge >= 0.3 is 5.97 Å². The van der Waals surface area contributed by atoms with Gasteiger partial charge in [-0.05, 0) is 35.7 Å². The molecule has 0 heterocycles. The molecule has 0 fully saturated rings. The van der Waals surface area contributed by atoms with Crippen LogP contribution in [0.25, 0.3) is 10.8 Å². The number of rotatable bonds is 3. The highest BCUT2D eigenvalue weighted by Crippen LogP contribution is 2.29. The van der Waals surface area contributed by atoms with E-state index in [-0.39, 0.29) is 5.56 Å². The Balaban J connectivity index is 1.95. The molecular weight excluding hydrogens is 252 g/mol. The maximum Gasteiger partial charge on any atom is 0.335 e.